The van der Waals surface area contributed by atoms with Crippen LogP contribution in [0.5, 0.6) is 0 Å². The Morgan fingerprint density at radius 2 is 0.606 bits per heavy atom. The van der Waals surface area contributed by atoms with Crippen molar-refractivity contribution in [1.29, 1.82) is 0 Å². The van der Waals surface area contributed by atoms with Crippen LogP contribution in [0.3, 0.4) is 0 Å². The summed E-state index contributed by atoms with van der Waals surface area (Å²) in [5.41, 5.74) is 0. The van der Waals surface area contributed by atoms with Crippen molar-refractivity contribution in [2.24, 2.45) is 0 Å². The van der Waals surface area contributed by atoms with Crippen LogP contribution in [0.15, 0.2) is 85.1 Å². The predicted octanol–water partition coefficient (Wildman–Crippen LogP) is 18.4. The summed E-state index contributed by atoms with van der Waals surface area (Å²) in [7, 11) is 0. The van der Waals surface area contributed by atoms with Gasteiger partial charge in [-0.25, -0.2) is 0 Å². The highest BCUT2D eigenvalue weighted by atomic mass is 16.6. The van der Waals surface area contributed by atoms with Crippen LogP contribution in [-0.4, -0.2) is 37.2 Å². The molecule has 378 valence electrons. The molecule has 0 aliphatic heterocycles. The molecule has 0 saturated carbocycles. The molecule has 0 rings (SSSR count). The van der Waals surface area contributed by atoms with Crippen LogP contribution in [0, 0.1) is 0 Å². The number of allylic oxidation sites excluding steroid dienone is 14. The van der Waals surface area contributed by atoms with Crippen LogP contribution in [-0.2, 0) is 28.6 Å². The zero-order valence-electron chi connectivity index (χ0n) is 43.2. The third-order valence-electron chi connectivity index (χ3n) is 11.6. The SMILES string of the molecule is CC/C=C\C/C=C\C/C=C\C/C=C\C/C=C\CCCC(=O)OCC(COC(=O)CCCCC/C=C\CCCCCCCCC)OC(=O)CCCCCCCCC/C=C\CCCCCCCC. The first kappa shape index (κ1) is 62.6. The molecular formula is C60H102O6. The molecule has 0 amide bonds. The second kappa shape index (κ2) is 54.2. The molecule has 0 bridgehead atoms. The maximum absolute atomic E-state index is 12.8. The second-order valence-electron chi connectivity index (χ2n) is 18.1. The van der Waals surface area contributed by atoms with Crippen molar-refractivity contribution in [3.05, 3.63) is 85.1 Å². The van der Waals surface area contributed by atoms with Gasteiger partial charge in [-0.05, 0) is 109 Å². The van der Waals surface area contributed by atoms with E-state index < -0.39 is 6.10 Å². The molecule has 0 fully saturated rings. The zero-order valence-corrected chi connectivity index (χ0v) is 43.2. The second-order valence-corrected chi connectivity index (χ2v) is 18.1. The van der Waals surface area contributed by atoms with Gasteiger partial charge in [0.15, 0.2) is 6.10 Å². The van der Waals surface area contributed by atoms with E-state index in [0.717, 1.165) is 89.9 Å². The van der Waals surface area contributed by atoms with Crippen molar-refractivity contribution >= 4 is 17.9 Å². The molecule has 0 aromatic carbocycles. The zero-order chi connectivity index (χ0) is 47.9. The third kappa shape index (κ3) is 51.6. The lowest BCUT2D eigenvalue weighted by Gasteiger charge is -2.18. The lowest BCUT2D eigenvalue weighted by molar-refractivity contribution is -0.167. The smallest absolute Gasteiger partial charge is 0.306 e. The van der Waals surface area contributed by atoms with Gasteiger partial charge in [0.25, 0.3) is 0 Å². The highest BCUT2D eigenvalue weighted by Crippen LogP contribution is 2.14. The standard InChI is InChI=1S/C60H102O6/c1-4-7-10-13-16-19-22-25-28-30-32-35-38-41-44-47-50-53-59(62)65-56-57(55-64-58(61)52-49-46-43-40-37-34-27-24-21-18-15-12-9-6-3)66-60(63)54-51-48-45-42-39-36-33-31-29-26-23-20-17-14-11-8-5-2/h7,10,16,19,25-26,28-29,32,34-35,37,41,44,57H,4-6,8-9,11-15,17-18,20-24,27,30-31,33,36,38-40,42-43,45-56H2,1-3H3/b10-7-,19-16-,28-25-,29-26-,35-32-,37-34-,44-41-. The minimum atomic E-state index is -0.808. The summed E-state index contributed by atoms with van der Waals surface area (Å²) in [6.07, 6.45) is 70.0. The largest absolute Gasteiger partial charge is 0.462 e. The molecule has 0 aliphatic carbocycles. The number of carbonyl (C=O) groups is 3. The average Bonchev–Trinajstić information content (AvgIpc) is 3.31. The van der Waals surface area contributed by atoms with Gasteiger partial charge >= 0.3 is 17.9 Å². The molecule has 6 heteroatoms. The normalized spacial score (nSPS) is 12.7. The molecule has 66 heavy (non-hydrogen) atoms. The summed E-state index contributed by atoms with van der Waals surface area (Å²) >= 11 is 0. The van der Waals surface area contributed by atoms with Gasteiger partial charge in [-0.15, -0.1) is 0 Å². The van der Waals surface area contributed by atoms with Gasteiger partial charge in [0.05, 0.1) is 0 Å². The lowest BCUT2D eigenvalue weighted by atomic mass is 10.1. The Hall–Kier alpha value is -3.41. The number of ether oxygens (including phenoxy) is 3. The lowest BCUT2D eigenvalue weighted by Crippen LogP contribution is -2.30. The molecule has 0 aromatic heterocycles. The van der Waals surface area contributed by atoms with Gasteiger partial charge in [0.1, 0.15) is 13.2 Å². The molecule has 0 N–H and O–H groups in total. The van der Waals surface area contributed by atoms with E-state index in [9.17, 15) is 14.4 Å². The van der Waals surface area contributed by atoms with E-state index in [0.29, 0.717) is 19.3 Å². The van der Waals surface area contributed by atoms with Gasteiger partial charge in [-0.3, -0.25) is 14.4 Å². The fourth-order valence-electron chi connectivity index (χ4n) is 7.47. The van der Waals surface area contributed by atoms with E-state index in [1.54, 1.807) is 0 Å². The molecule has 1 unspecified atom stereocenters. The van der Waals surface area contributed by atoms with Crippen molar-refractivity contribution in [3.63, 3.8) is 0 Å². The Kier molecular flexibility index (Phi) is 51.4. The van der Waals surface area contributed by atoms with Crippen LogP contribution < -0.4 is 0 Å². The fourth-order valence-corrected chi connectivity index (χ4v) is 7.47. The Morgan fingerprint density at radius 3 is 1.02 bits per heavy atom. The van der Waals surface area contributed by atoms with Gasteiger partial charge < -0.3 is 14.2 Å². The number of esters is 3. The van der Waals surface area contributed by atoms with Crippen LogP contribution >= 0.6 is 0 Å². The van der Waals surface area contributed by atoms with Gasteiger partial charge in [-0.1, -0.05) is 215 Å². The summed E-state index contributed by atoms with van der Waals surface area (Å²) in [4.78, 5) is 38.1. The Balaban J connectivity index is 4.49. The summed E-state index contributed by atoms with van der Waals surface area (Å²) in [5.74, 6) is -0.980. The maximum Gasteiger partial charge on any atom is 0.306 e. The number of rotatable bonds is 49. The molecule has 0 radical (unpaired) electrons. The van der Waals surface area contributed by atoms with Crippen molar-refractivity contribution in [1.82, 2.24) is 0 Å². The Morgan fingerprint density at radius 1 is 0.318 bits per heavy atom. The van der Waals surface area contributed by atoms with Crippen molar-refractivity contribution < 1.29 is 28.6 Å². The quantitative estimate of drug-likeness (QED) is 0.0262. The fraction of sp³-hybridized carbons (Fsp3) is 0.717. The van der Waals surface area contributed by atoms with Gasteiger partial charge in [0.2, 0.25) is 0 Å². The van der Waals surface area contributed by atoms with Crippen LogP contribution in [0.4, 0.5) is 0 Å². The minimum Gasteiger partial charge on any atom is -0.462 e. The van der Waals surface area contributed by atoms with Crippen molar-refractivity contribution in [2.75, 3.05) is 13.2 Å². The van der Waals surface area contributed by atoms with E-state index >= 15 is 0 Å². The maximum atomic E-state index is 12.8. The van der Waals surface area contributed by atoms with E-state index in [4.69, 9.17) is 14.2 Å². The van der Waals surface area contributed by atoms with Crippen LogP contribution in [0.25, 0.3) is 0 Å². The molecule has 0 spiro atoms. The summed E-state index contributed by atoms with van der Waals surface area (Å²) in [5, 5.41) is 0. The summed E-state index contributed by atoms with van der Waals surface area (Å²) in [6.45, 7) is 6.46. The monoisotopic (exact) mass is 919 g/mol. The molecule has 1 atom stereocenters. The molecule has 6 nitrogen and oxygen atoms in total. The molecule has 0 aliphatic rings. The predicted molar refractivity (Wildman–Crippen MR) is 284 cm³/mol. The van der Waals surface area contributed by atoms with Gasteiger partial charge in [0, 0.05) is 19.3 Å². The number of hydrogen-bond donors (Lipinski definition) is 0. The van der Waals surface area contributed by atoms with E-state index in [2.05, 4.69) is 106 Å². The van der Waals surface area contributed by atoms with E-state index in [1.807, 2.05) is 0 Å². The Labute approximate surface area is 407 Å². The molecule has 0 heterocycles. The van der Waals surface area contributed by atoms with Crippen molar-refractivity contribution in [3.8, 4) is 0 Å². The first-order chi connectivity index (χ1) is 32.5. The van der Waals surface area contributed by atoms with E-state index in [1.165, 1.54) is 122 Å². The average molecular weight is 919 g/mol. The number of unbranched alkanes of at least 4 members (excludes halogenated alkanes) is 24. The number of carbonyl (C=O) groups excluding carboxylic acids is 3. The summed E-state index contributed by atoms with van der Waals surface area (Å²) < 4.78 is 16.8. The molecule has 0 saturated heterocycles. The third-order valence-corrected chi connectivity index (χ3v) is 11.6. The topological polar surface area (TPSA) is 78.9 Å². The van der Waals surface area contributed by atoms with Crippen LogP contribution in [0.1, 0.15) is 258 Å². The minimum absolute atomic E-state index is 0.104. The molecule has 0 aromatic rings. The number of hydrogen-bond acceptors (Lipinski definition) is 6. The highest BCUT2D eigenvalue weighted by Gasteiger charge is 2.19. The first-order valence-corrected chi connectivity index (χ1v) is 27.6. The summed E-state index contributed by atoms with van der Waals surface area (Å²) in [6, 6.07) is 0. The van der Waals surface area contributed by atoms with E-state index in [-0.39, 0.29) is 37.5 Å². The van der Waals surface area contributed by atoms with Crippen molar-refractivity contribution in [2.45, 2.75) is 264 Å². The first-order valence-electron chi connectivity index (χ1n) is 27.6. The molecular weight excluding hydrogens is 817 g/mol. The van der Waals surface area contributed by atoms with Gasteiger partial charge in [-0.2, -0.15) is 0 Å². The Bertz CT molecular complexity index is 1290. The highest BCUT2D eigenvalue weighted by molar-refractivity contribution is 5.71. The van der Waals surface area contributed by atoms with Crippen LogP contribution in [0.2, 0.25) is 0 Å².